The molecule has 0 radical (unpaired) electrons. The Morgan fingerprint density at radius 2 is 1.96 bits per heavy atom. The van der Waals surface area contributed by atoms with Gasteiger partial charge in [0.1, 0.15) is 0 Å². The highest BCUT2D eigenvalue weighted by Crippen LogP contribution is 2.45. The lowest BCUT2D eigenvalue weighted by Crippen LogP contribution is -2.58. The summed E-state index contributed by atoms with van der Waals surface area (Å²) in [5.41, 5.74) is 3.03. The van der Waals surface area contributed by atoms with E-state index in [1.165, 1.54) is 63.7 Å². The van der Waals surface area contributed by atoms with Crippen molar-refractivity contribution in [1.82, 2.24) is 9.80 Å². The molecule has 1 aromatic rings. The molecule has 0 N–H and O–H groups in total. The summed E-state index contributed by atoms with van der Waals surface area (Å²) in [4.78, 5) is 5.54. The van der Waals surface area contributed by atoms with Gasteiger partial charge >= 0.3 is 0 Å². The Bertz CT molecular complexity index is 716. The summed E-state index contributed by atoms with van der Waals surface area (Å²) in [6.45, 7) is 4.82. The third kappa shape index (κ3) is 3.13. The Labute approximate surface area is 167 Å². The van der Waals surface area contributed by atoms with E-state index < -0.39 is 0 Å². The molecule has 1 aliphatic carbocycles. The number of fused-ring (bicyclic) bond motifs is 6. The predicted octanol–water partition coefficient (Wildman–Crippen LogP) is 5.39. The molecular weight excluding hydrogens is 363 g/mol. The number of piperidine rings is 3. The van der Waals surface area contributed by atoms with Crippen LogP contribution in [0, 0.1) is 11.8 Å². The lowest BCUT2D eigenvalue weighted by Gasteiger charge is -2.54. The minimum atomic E-state index is 0.636. The Balaban J connectivity index is 1.40. The normalized spacial score (nSPS) is 34.8. The predicted molar refractivity (Wildman–Crippen MR) is 109 cm³/mol. The van der Waals surface area contributed by atoms with Gasteiger partial charge in [-0.3, -0.25) is 9.80 Å². The van der Waals surface area contributed by atoms with Crippen LogP contribution in [0.15, 0.2) is 29.8 Å². The Kier molecular flexibility index (Phi) is 4.81. The summed E-state index contributed by atoms with van der Waals surface area (Å²) in [7, 11) is 0. The fourth-order valence-electron chi connectivity index (χ4n) is 6.13. The molecule has 3 fully saturated rings. The molecule has 2 bridgehead atoms. The third-order valence-corrected chi connectivity index (χ3v) is 7.87. The van der Waals surface area contributed by atoms with Gasteiger partial charge in [0.25, 0.3) is 0 Å². The summed E-state index contributed by atoms with van der Waals surface area (Å²) in [6, 6.07) is 7.60. The van der Waals surface area contributed by atoms with Crippen LogP contribution in [0.3, 0.4) is 0 Å². The van der Waals surface area contributed by atoms with Crippen molar-refractivity contribution in [2.45, 2.75) is 57.2 Å². The standard InChI is InChI=1S/C22H28Cl2N2/c23-19-7-6-15(10-20(19)24)13-26-9-3-4-16-11-17-12-18(22(16)26)14-25-8-2-1-5-21(17)25/h6-7,10-11,17-18,21-22H,1-5,8-9,12-14H2/t17-,18-,21+,22+/m0/s1. The summed E-state index contributed by atoms with van der Waals surface area (Å²) >= 11 is 12.4. The summed E-state index contributed by atoms with van der Waals surface area (Å²) in [6.07, 6.45) is 10.9. The van der Waals surface area contributed by atoms with Gasteiger partial charge in [-0.1, -0.05) is 47.3 Å². The maximum atomic E-state index is 6.26. The second-order valence-corrected chi connectivity index (χ2v) is 9.54. The quantitative estimate of drug-likeness (QED) is 0.624. The van der Waals surface area contributed by atoms with E-state index in [1.807, 2.05) is 6.07 Å². The Morgan fingerprint density at radius 3 is 2.85 bits per heavy atom. The number of halogens is 2. The van der Waals surface area contributed by atoms with Crippen LogP contribution in [0.1, 0.15) is 44.1 Å². The van der Waals surface area contributed by atoms with Crippen LogP contribution in [-0.4, -0.2) is 41.5 Å². The molecule has 0 spiro atoms. The summed E-state index contributed by atoms with van der Waals surface area (Å²) in [5, 5.41) is 1.33. The minimum Gasteiger partial charge on any atom is -0.299 e. The Morgan fingerprint density at radius 1 is 1.04 bits per heavy atom. The SMILES string of the molecule is Clc1ccc(CN2CCCC3=C[C@H]4C[C@@H](CN5CCCC[C@H]45)[C@@H]32)cc1Cl. The fourth-order valence-corrected chi connectivity index (χ4v) is 6.45. The van der Waals surface area contributed by atoms with Gasteiger partial charge in [0, 0.05) is 25.2 Å². The van der Waals surface area contributed by atoms with Crippen molar-refractivity contribution >= 4 is 23.2 Å². The second kappa shape index (κ2) is 7.13. The lowest BCUT2D eigenvalue weighted by molar-refractivity contribution is -0.00264. The number of rotatable bonds is 2. The first-order chi connectivity index (χ1) is 12.7. The summed E-state index contributed by atoms with van der Waals surface area (Å²) < 4.78 is 0. The van der Waals surface area contributed by atoms with Gasteiger partial charge in [0.15, 0.2) is 0 Å². The van der Waals surface area contributed by atoms with Crippen LogP contribution in [0.5, 0.6) is 0 Å². The zero-order valence-corrected chi connectivity index (χ0v) is 16.9. The largest absolute Gasteiger partial charge is 0.299 e. The molecule has 3 heterocycles. The highest BCUT2D eigenvalue weighted by atomic mass is 35.5. The van der Waals surface area contributed by atoms with E-state index in [-0.39, 0.29) is 0 Å². The monoisotopic (exact) mass is 390 g/mol. The minimum absolute atomic E-state index is 0.636. The molecule has 0 unspecified atom stereocenters. The van der Waals surface area contributed by atoms with Crippen LogP contribution in [0.25, 0.3) is 0 Å². The lowest BCUT2D eigenvalue weighted by atomic mass is 9.68. The number of hydrogen-bond donors (Lipinski definition) is 0. The van der Waals surface area contributed by atoms with Gasteiger partial charge in [-0.05, 0) is 74.7 Å². The molecule has 4 atom stereocenters. The average molecular weight is 391 g/mol. The van der Waals surface area contributed by atoms with Crippen LogP contribution in [0.2, 0.25) is 10.0 Å². The van der Waals surface area contributed by atoms with Crippen molar-refractivity contribution in [3.05, 3.63) is 45.5 Å². The third-order valence-electron chi connectivity index (χ3n) is 7.13. The van der Waals surface area contributed by atoms with Gasteiger partial charge in [0.05, 0.1) is 10.0 Å². The number of benzene rings is 1. The number of nitrogens with zero attached hydrogens (tertiary/aromatic N) is 2. The molecule has 0 amide bonds. The van der Waals surface area contributed by atoms with Crippen LogP contribution in [0.4, 0.5) is 0 Å². The van der Waals surface area contributed by atoms with Gasteiger partial charge < -0.3 is 0 Å². The molecule has 2 nitrogen and oxygen atoms in total. The van der Waals surface area contributed by atoms with E-state index in [0.29, 0.717) is 16.1 Å². The molecule has 3 saturated heterocycles. The number of hydrogen-bond acceptors (Lipinski definition) is 2. The Hall–Kier alpha value is -0.540. The van der Waals surface area contributed by atoms with Crippen LogP contribution >= 0.6 is 23.2 Å². The van der Waals surface area contributed by atoms with E-state index >= 15 is 0 Å². The highest BCUT2D eigenvalue weighted by molar-refractivity contribution is 6.42. The van der Waals surface area contributed by atoms with Gasteiger partial charge in [-0.2, -0.15) is 0 Å². The van der Waals surface area contributed by atoms with Crippen molar-refractivity contribution in [3.8, 4) is 0 Å². The molecule has 1 aromatic carbocycles. The molecule has 140 valence electrons. The smallest absolute Gasteiger partial charge is 0.0595 e. The van der Waals surface area contributed by atoms with Crippen molar-refractivity contribution < 1.29 is 0 Å². The van der Waals surface area contributed by atoms with E-state index in [9.17, 15) is 0 Å². The van der Waals surface area contributed by atoms with Gasteiger partial charge in [-0.15, -0.1) is 0 Å². The van der Waals surface area contributed by atoms with Crippen molar-refractivity contribution in [2.75, 3.05) is 19.6 Å². The van der Waals surface area contributed by atoms with E-state index in [1.54, 1.807) is 5.57 Å². The van der Waals surface area contributed by atoms with E-state index in [2.05, 4.69) is 28.0 Å². The fraction of sp³-hybridized carbons (Fsp3) is 0.636. The molecule has 0 aromatic heterocycles. The summed E-state index contributed by atoms with van der Waals surface area (Å²) in [5.74, 6) is 1.61. The average Bonchev–Trinajstić information content (AvgIpc) is 2.65. The zero-order chi connectivity index (χ0) is 17.7. The van der Waals surface area contributed by atoms with Gasteiger partial charge in [0.2, 0.25) is 0 Å². The molecule has 26 heavy (non-hydrogen) atoms. The van der Waals surface area contributed by atoms with Crippen molar-refractivity contribution in [2.24, 2.45) is 11.8 Å². The van der Waals surface area contributed by atoms with E-state index in [4.69, 9.17) is 23.2 Å². The maximum absolute atomic E-state index is 6.26. The second-order valence-electron chi connectivity index (χ2n) is 8.73. The van der Waals surface area contributed by atoms with Crippen molar-refractivity contribution in [3.63, 3.8) is 0 Å². The van der Waals surface area contributed by atoms with Crippen LogP contribution < -0.4 is 0 Å². The first-order valence-electron chi connectivity index (χ1n) is 10.3. The molecular formula is C22H28Cl2N2. The maximum Gasteiger partial charge on any atom is 0.0595 e. The highest BCUT2D eigenvalue weighted by Gasteiger charge is 2.45. The first-order valence-corrected chi connectivity index (χ1v) is 11.1. The molecule has 4 aliphatic rings. The van der Waals surface area contributed by atoms with Crippen LogP contribution in [-0.2, 0) is 6.54 Å². The zero-order valence-electron chi connectivity index (χ0n) is 15.3. The molecule has 5 rings (SSSR count). The molecule has 3 aliphatic heterocycles. The van der Waals surface area contributed by atoms with Crippen molar-refractivity contribution in [1.29, 1.82) is 0 Å². The topological polar surface area (TPSA) is 6.48 Å². The molecule has 0 saturated carbocycles. The van der Waals surface area contributed by atoms with E-state index in [0.717, 1.165) is 24.4 Å². The number of likely N-dealkylation sites (tertiary alicyclic amines) is 1. The molecule has 4 heteroatoms. The van der Waals surface area contributed by atoms with Gasteiger partial charge in [-0.25, -0.2) is 0 Å². The first kappa shape index (κ1) is 17.6.